The number of ether oxygens (including phenoxy) is 7. The first-order valence-corrected chi connectivity index (χ1v) is 14.8. The first kappa shape index (κ1) is 35.1. The molecule has 0 bridgehead atoms. The topological polar surface area (TPSA) is 261 Å². The van der Waals surface area contributed by atoms with Crippen molar-refractivity contribution >= 4 is 18.0 Å². The number of phenolic OH excluding ortho intramolecular Hbond substituents is 2. The molecule has 0 saturated carbocycles. The van der Waals surface area contributed by atoms with E-state index in [1.807, 2.05) is 0 Å². The molecule has 0 aromatic heterocycles. The molecular weight excluding hydrogens is 644 g/mol. The molecule has 1 unspecified atom stereocenters. The summed E-state index contributed by atoms with van der Waals surface area (Å²) < 4.78 is 39.1. The van der Waals surface area contributed by atoms with E-state index in [2.05, 4.69) is 0 Å². The Morgan fingerprint density at radius 3 is 1.73 bits per heavy atom. The second-order valence-corrected chi connectivity index (χ2v) is 11.4. The van der Waals surface area contributed by atoms with E-state index in [4.69, 9.17) is 33.2 Å². The van der Waals surface area contributed by atoms with Crippen molar-refractivity contribution in [2.75, 3.05) is 13.2 Å². The number of hydrogen-bond acceptors (Lipinski definition) is 17. The summed E-state index contributed by atoms with van der Waals surface area (Å²) in [5.41, 5.74) is 0.502. The summed E-state index contributed by atoms with van der Waals surface area (Å²) in [6.07, 6.45) is -16.1. The van der Waals surface area contributed by atoms with Crippen LogP contribution in [0.2, 0.25) is 0 Å². The molecule has 262 valence electrons. The number of esters is 2. The van der Waals surface area contributed by atoms with Crippen LogP contribution in [0.1, 0.15) is 31.1 Å². The van der Waals surface area contributed by atoms with Crippen LogP contribution in [0.5, 0.6) is 23.0 Å². The summed E-state index contributed by atoms with van der Waals surface area (Å²) in [7, 11) is 0. The van der Waals surface area contributed by atoms with Crippen LogP contribution in [0.4, 0.5) is 0 Å². The first-order chi connectivity index (χ1) is 22.7. The molecule has 2 aromatic rings. The van der Waals surface area contributed by atoms with Crippen LogP contribution >= 0.6 is 0 Å². The summed E-state index contributed by atoms with van der Waals surface area (Å²) in [6, 6.07) is 8.13. The highest BCUT2D eigenvalue weighted by molar-refractivity contribution is 5.70. The fourth-order valence-electron chi connectivity index (χ4n) is 5.27. The Morgan fingerprint density at radius 1 is 0.688 bits per heavy atom. The Balaban J connectivity index is 1.49. The van der Waals surface area contributed by atoms with Crippen molar-refractivity contribution in [1.82, 2.24) is 0 Å². The van der Waals surface area contributed by atoms with E-state index in [-0.39, 0.29) is 34.3 Å². The third kappa shape index (κ3) is 7.58. The maximum absolute atomic E-state index is 11.4. The van der Waals surface area contributed by atoms with Crippen LogP contribution in [0.25, 0.3) is 6.08 Å². The van der Waals surface area contributed by atoms with E-state index >= 15 is 0 Å². The largest absolute Gasteiger partial charge is 0.508 e. The van der Waals surface area contributed by atoms with E-state index in [1.165, 1.54) is 36.4 Å². The van der Waals surface area contributed by atoms with Crippen molar-refractivity contribution in [3.63, 3.8) is 0 Å². The number of carbonyl (C=O) groups is 2. The summed E-state index contributed by atoms with van der Waals surface area (Å²) in [6.45, 7) is 1.32. The van der Waals surface area contributed by atoms with Crippen LogP contribution in [0.15, 0.2) is 42.2 Å². The smallest absolute Gasteiger partial charge is 0.302 e. The van der Waals surface area contributed by atoms with Crippen molar-refractivity contribution < 1.29 is 83.6 Å². The Bertz CT molecular complexity index is 1490. The minimum atomic E-state index is -1.81. The van der Waals surface area contributed by atoms with Gasteiger partial charge < -0.3 is 74.0 Å². The third-order valence-corrected chi connectivity index (χ3v) is 7.81. The molecular formula is C31H36O17. The highest BCUT2D eigenvalue weighted by atomic mass is 16.7. The van der Waals surface area contributed by atoms with E-state index in [9.17, 15) is 50.4 Å². The van der Waals surface area contributed by atoms with E-state index in [0.29, 0.717) is 5.56 Å². The lowest BCUT2D eigenvalue weighted by molar-refractivity contribution is -0.294. The van der Waals surface area contributed by atoms with Gasteiger partial charge in [0.2, 0.25) is 12.6 Å². The van der Waals surface area contributed by atoms with Crippen molar-refractivity contribution in [2.24, 2.45) is 0 Å². The van der Waals surface area contributed by atoms with Crippen LogP contribution in [-0.4, -0.2) is 127 Å². The van der Waals surface area contributed by atoms with Crippen LogP contribution in [0.3, 0.4) is 0 Å². The first-order valence-electron chi connectivity index (χ1n) is 14.8. The minimum absolute atomic E-state index is 0.0195. The standard InChI is InChI=1S/C31H36O17/c1-12(32)42-10-21-23(36)25(38)27(40)30(47-21)45-19-8-16(35)7-18-17(19)9-20(29(44-18)14-3-5-15(34)6-4-14)46-31-28(41)26(39)24(37)22(48-31)11-43-13(2)33/h3-9,21-31,34-41H,10-11H2,1-2H3/t21-,22+,23-,24-,25+,26+,27+,28+,29?,30-,31-/m1/s1. The zero-order chi connectivity index (χ0) is 34.9. The number of rotatable bonds is 9. The second kappa shape index (κ2) is 14.5. The third-order valence-electron chi connectivity index (χ3n) is 7.81. The molecule has 3 heterocycles. The SMILES string of the molecule is CC(=O)OC[C@@H]1O[C@@H](OC2=Cc3c(cc(O)cc3O[C@@H]3O[C@H](COC(C)=O)[C@@H](O)[C@H](O)[C@@H]3O)OC2c2ccc(O)cc2)[C@@H](O)[C@@H](O)[C@@H]1O. The van der Waals surface area contributed by atoms with Gasteiger partial charge in [0.05, 0.1) is 5.56 Å². The molecule has 3 aliphatic rings. The normalized spacial score (nSPS) is 33.0. The molecule has 8 N–H and O–H groups in total. The minimum Gasteiger partial charge on any atom is -0.508 e. The molecule has 2 aromatic carbocycles. The number of aromatic hydroxyl groups is 2. The Morgan fingerprint density at radius 2 is 1.21 bits per heavy atom. The predicted octanol–water partition coefficient (Wildman–Crippen LogP) is -1.29. The quantitative estimate of drug-likeness (QED) is 0.143. The molecule has 48 heavy (non-hydrogen) atoms. The van der Waals surface area contributed by atoms with Gasteiger partial charge in [-0.05, 0) is 18.2 Å². The molecule has 11 atom stereocenters. The summed E-state index contributed by atoms with van der Waals surface area (Å²) >= 11 is 0. The molecule has 17 heteroatoms. The average molecular weight is 681 g/mol. The van der Waals surface area contributed by atoms with E-state index in [1.54, 1.807) is 0 Å². The van der Waals surface area contributed by atoms with Gasteiger partial charge >= 0.3 is 11.9 Å². The Kier molecular flexibility index (Phi) is 10.6. The fraction of sp³-hybridized carbons (Fsp3) is 0.484. The summed E-state index contributed by atoms with van der Waals surface area (Å²) in [4.78, 5) is 22.7. The average Bonchev–Trinajstić information content (AvgIpc) is 3.04. The molecule has 3 aliphatic heterocycles. The molecule has 17 nitrogen and oxygen atoms in total. The van der Waals surface area contributed by atoms with Gasteiger partial charge in [-0.15, -0.1) is 0 Å². The van der Waals surface area contributed by atoms with E-state index < -0.39 is 92.7 Å². The monoisotopic (exact) mass is 680 g/mol. The summed E-state index contributed by atoms with van der Waals surface area (Å²) in [5.74, 6) is -2.01. The number of carbonyl (C=O) groups excluding carboxylic acids is 2. The molecule has 0 amide bonds. The predicted molar refractivity (Wildman–Crippen MR) is 156 cm³/mol. The number of aliphatic hydroxyl groups excluding tert-OH is 6. The van der Waals surface area contributed by atoms with Crippen molar-refractivity contribution in [3.05, 3.63) is 53.3 Å². The molecule has 2 fully saturated rings. The number of aliphatic hydroxyl groups is 6. The highest BCUT2D eigenvalue weighted by Gasteiger charge is 2.48. The lowest BCUT2D eigenvalue weighted by Crippen LogP contribution is -2.60. The molecule has 2 saturated heterocycles. The maximum atomic E-state index is 11.4. The number of fused-ring (bicyclic) bond motifs is 1. The van der Waals surface area contributed by atoms with Gasteiger partial charge in [0, 0.05) is 31.5 Å². The van der Waals surface area contributed by atoms with Gasteiger partial charge in [0.25, 0.3) is 0 Å². The zero-order valence-electron chi connectivity index (χ0n) is 25.6. The van der Waals surface area contributed by atoms with Gasteiger partial charge in [0.15, 0.2) is 6.10 Å². The molecule has 5 rings (SSSR count). The zero-order valence-corrected chi connectivity index (χ0v) is 25.6. The van der Waals surface area contributed by atoms with Crippen molar-refractivity contribution in [2.45, 2.75) is 81.4 Å². The second-order valence-electron chi connectivity index (χ2n) is 11.4. The maximum Gasteiger partial charge on any atom is 0.302 e. The Labute approximate surface area is 272 Å². The number of benzene rings is 2. The van der Waals surface area contributed by atoms with Gasteiger partial charge in [-0.25, -0.2) is 0 Å². The number of hydrogen-bond donors (Lipinski definition) is 8. The van der Waals surface area contributed by atoms with Crippen LogP contribution in [0, 0.1) is 0 Å². The Hall–Kier alpha value is -4.20. The lowest BCUT2D eigenvalue weighted by Gasteiger charge is -2.41. The van der Waals surface area contributed by atoms with Gasteiger partial charge in [-0.2, -0.15) is 0 Å². The molecule has 0 radical (unpaired) electrons. The molecule has 0 aliphatic carbocycles. The van der Waals surface area contributed by atoms with Crippen molar-refractivity contribution in [3.8, 4) is 23.0 Å². The fourth-order valence-corrected chi connectivity index (χ4v) is 5.27. The van der Waals surface area contributed by atoms with E-state index in [0.717, 1.165) is 19.9 Å². The van der Waals surface area contributed by atoms with Gasteiger partial charge in [-0.1, -0.05) is 12.1 Å². The summed E-state index contributed by atoms with van der Waals surface area (Å²) in [5, 5.41) is 83.6. The van der Waals surface area contributed by atoms with Gasteiger partial charge in [0.1, 0.15) is 90.8 Å². The van der Waals surface area contributed by atoms with Crippen LogP contribution in [-0.2, 0) is 33.3 Å². The highest BCUT2D eigenvalue weighted by Crippen LogP contribution is 2.45. The lowest BCUT2D eigenvalue weighted by atomic mass is 9.98. The van der Waals surface area contributed by atoms with Crippen LogP contribution < -0.4 is 9.47 Å². The van der Waals surface area contributed by atoms with Crippen molar-refractivity contribution in [1.29, 1.82) is 0 Å². The van der Waals surface area contributed by atoms with Gasteiger partial charge in [-0.3, -0.25) is 9.59 Å². The molecule has 0 spiro atoms. The number of phenols is 2.